The van der Waals surface area contributed by atoms with Crippen molar-refractivity contribution < 1.29 is 30.7 Å². The topological polar surface area (TPSA) is 90.0 Å². The Balaban J connectivity index is 1.41. The molecule has 2 aromatic carbocycles. The normalized spacial score (nSPS) is 23.5. The Labute approximate surface area is 203 Å². The molecule has 2 heterocycles. The van der Waals surface area contributed by atoms with Crippen LogP contribution in [0.3, 0.4) is 0 Å². The van der Waals surface area contributed by atoms with Gasteiger partial charge in [0.25, 0.3) is 10.1 Å². The molecule has 12 heteroatoms. The number of anilines is 1. The lowest BCUT2D eigenvalue weighted by molar-refractivity contribution is 0.107. The second-order valence-electron chi connectivity index (χ2n) is 7.76. The first-order valence-corrected chi connectivity index (χ1v) is 13.8. The van der Waals surface area contributed by atoms with Crippen LogP contribution in [0.5, 0.6) is 0 Å². The van der Waals surface area contributed by atoms with Gasteiger partial charge in [-0.25, -0.2) is 9.18 Å². The minimum absolute atomic E-state index is 0.00745. The average molecular weight is 536 g/mol. The molecule has 1 atom stereocenters. The van der Waals surface area contributed by atoms with Crippen molar-refractivity contribution in [3.63, 3.8) is 0 Å². The number of nitrogens with zero attached hydrogens (tertiary/aromatic N) is 1. The van der Waals surface area contributed by atoms with Crippen LogP contribution in [0.1, 0.15) is 24.3 Å². The number of benzene rings is 2. The lowest BCUT2D eigenvalue weighted by Crippen LogP contribution is -2.27. The average Bonchev–Trinajstić information content (AvgIpc) is 3.15. The molecular weight excluding hydrogens is 516 g/mol. The summed E-state index contributed by atoms with van der Waals surface area (Å²) in [5.74, 6) is 0.646. The smallest absolute Gasteiger partial charge is 0.414 e. The van der Waals surface area contributed by atoms with Crippen molar-refractivity contribution in [2.45, 2.75) is 29.8 Å². The van der Waals surface area contributed by atoms with Crippen molar-refractivity contribution in [3.05, 3.63) is 57.8 Å². The van der Waals surface area contributed by atoms with E-state index in [2.05, 4.69) is 0 Å². The van der Waals surface area contributed by atoms with Crippen molar-refractivity contribution in [2.24, 2.45) is 0 Å². The van der Waals surface area contributed by atoms with Gasteiger partial charge in [-0.05, 0) is 54.7 Å². The molecule has 0 unspecified atom stereocenters. The maximum atomic E-state index is 14.8. The molecule has 7 nitrogen and oxygen atoms in total. The van der Waals surface area contributed by atoms with Crippen molar-refractivity contribution >= 4 is 55.9 Å². The summed E-state index contributed by atoms with van der Waals surface area (Å²) in [6.07, 6.45) is -0.318. The van der Waals surface area contributed by atoms with E-state index in [0.717, 1.165) is 0 Å². The highest BCUT2D eigenvalue weighted by atomic mass is 35.5. The lowest BCUT2D eigenvalue weighted by Gasteiger charge is -2.23. The fourth-order valence-electron chi connectivity index (χ4n) is 3.84. The zero-order chi connectivity index (χ0) is 23.8. The maximum Gasteiger partial charge on any atom is 0.414 e. The number of ether oxygens (including phenoxy) is 1. The monoisotopic (exact) mass is 535 g/mol. The summed E-state index contributed by atoms with van der Waals surface area (Å²) in [7, 11) is -5.08. The molecule has 0 N–H and O–H groups in total. The Bertz CT molecular complexity index is 1200. The highest BCUT2D eigenvalue weighted by molar-refractivity contribution is 7.87. The SMILES string of the molecule is O=C1O[C@@H](COS(=O)(=O)c2cc(Cl)ccc2Cl)CN1c1ccc(C2CCS(=O)CC2)c(F)c1. The second-order valence-corrected chi connectivity index (χ2v) is 11.9. The van der Waals surface area contributed by atoms with Crippen molar-refractivity contribution in [2.75, 3.05) is 29.6 Å². The van der Waals surface area contributed by atoms with Crippen LogP contribution < -0.4 is 4.90 Å². The van der Waals surface area contributed by atoms with Crippen LogP contribution in [0.4, 0.5) is 14.9 Å². The van der Waals surface area contributed by atoms with E-state index in [1.165, 1.54) is 29.2 Å². The number of carbonyl (C=O) groups is 1. The molecule has 0 spiro atoms. The molecule has 0 radical (unpaired) electrons. The van der Waals surface area contributed by atoms with Gasteiger partial charge in [0, 0.05) is 27.3 Å². The molecule has 178 valence electrons. The molecule has 0 aliphatic carbocycles. The summed E-state index contributed by atoms with van der Waals surface area (Å²) in [4.78, 5) is 13.2. The molecular formula is C21H20Cl2FNO6S2. The Hall–Kier alpha value is -1.72. The molecule has 0 aromatic heterocycles. The van der Waals surface area contributed by atoms with Crippen molar-refractivity contribution in [1.82, 2.24) is 0 Å². The third-order valence-electron chi connectivity index (χ3n) is 5.57. The standard InChI is InChI=1S/C21H20Cl2FNO6S2/c22-14-1-4-18(23)20(9-14)33(28,29)30-12-16-11-25(21(26)31-16)15-2-3-17(19(24)10-15)13-5-7-32(27)8-6-13/h1-4,9-10,13,16H,5-8,11-12H2/t13?,16-,32?/m1/s1. The summed E-state index contributed by atoms with van der Waals surface area (Å²) < 4.78 is 61.5. The number of hydrogen-bond donors (Lipinski definition) is 0. The van der Waals surface area contributed by atoms with E-state index in [0.29, 0.717) is 35.6 Å². The molecule has 2 aromatic rings. The number of amides is 1. The number of carbonyl (C=O) groups excluding carboxylic acids is 1. The van der Waals surface area contributed by atoms with E-state index in [4.69, 9.17) is 32.1 Å². The zero-order valence-electron chi connectivity index (χ0n) is 17.2. The molecule has 0 bridgehead atoms. The van der Waals surface area contributed by atoms with Gasteiger partial charge in [-0.2, -0.15) is 8.42 Å². The van der Waals surface area contributed by atoms with Gasteiger partial charge in [0.1, 0.15) is 23.4 Å². The summed E-state index contributed by atoms with van der Waals surface area (Å²) in [5, 5.41) is 0.121. The molecule has 33 heavy (non-hydrogen) atoms. The van der Waals surface area contributed by atoms with E-state index < -0.39 is 45.5 Å². The van der Waals surface area contributed by atoms with Crippen molar-refractivity contribution in [1.29, 1.82) is 0 Å². The van der Waals surface area contributed by atoms with E-state index in [-0.39, 0.29) is 27.4 Å². The van der Waals surface area contributed by atoms with E-state index >= 15 is 0 Å². The van der Waals surface area contributed by atoms with Crippen LogP contribution in [-0.4, -0.2) is 49.5 Å². The van der Waals surface area contributed by atoms with Crippen LogP contribution in [0.25, 0.3) is 0 Å². The Morgan fingerprint density at radius 3 is 2.58 bits per heavy atom. The summed E-state index contributed by atoms with van der Waals surface area (Å²) >= 11 is 11.8. The van der Waals surface area contributed by atoms with Crippen LogP contribution in [0.15, 0.2) is 41.3 Å². The highest BCUT2D eigenvalue weighted by Crippen LogP contribution is 2.33. The second kappa shape index (κ2) is 9.87. The van der Waals surface area contributed by atoms with Crippen LogP contribution in [0.2, 0.25) is 10.0 Å². The summed E-state index contributed by atoms with van der Waals surface area (Å²) in [6, 6.07) is 8.46. The van der Waals surface area contributed by atoms with E-state index in [9.17, 15) is 21.8 Å². The Morgan fingerprint density at radius 2 is 1.88 bits per heavy atom. The largest absolute Gasteiger partial charge is 0.441 e. The van der Waals surface area contributed by atoms with Gasteiger partial charge in [0.2, 0.25) is 0 Å². The van der Waals surface area contributed by atoms with Gasteiger partial charge in [0.05, 0.1) is 17.3 Å². The van der Waals surface area contributed by atoms with Gasteiger partial charge >= 0.3 is 6.09 Å². The summed E-state index contributed by atoms with van der Waals surface area (Å²) in [5.41, 5.74) is 0.830. The number of cyclic esters (lactones) is 1. The molecule has 2 aliphatic rings. The first-order chi connectivity index (χ1) is 15.6. The third kappa shape index (κ3) is 5.51. The fraction of sp³-hybridized carbons (Fsp3) is 0.381. The first kappa shape index (κ1) is 24.4. The van der Waals surface area contributed by atoms with Gasteiger partial charge in [0.15, 0.2) is 0 Å². The van der Waals surface area contributed by atoms with E-state index in [1.54, 1.807) is 12.1 Å². The highest BCUT2D eigenvalue weighted by Gasteiger charge is 2.35. The minimum atomic E-state index is -4.24. The predicted molar refractivity (Wildman–Crippen MR) is 123 cm³/mol. The lowest BCUT2D eigenvalue weighted by atomic mass is 9.93. The minimum Gasteiger partial charge on any atom is -0.441 e. The molecule has 0 saturated carbocycles. The summed E-state index contributed by atoms with van der Waals surface area (Å²) in [6.45, 7) is -0.452. The number of halogens is 3. The van der Waals surface area contributed by atoms with Crippen LogP contribution in [0, 0.1) is 5.82 Å². The van der Waals surface area contributed by atoms with Gasteiger partial charge in [-0.1, -0.05) is 29.3 Å². The van der Waals surface area contributed by atoms with Gasteiger partial charge in [-0.15, -0.1) is 0 Å². The molecule has 4 rings (SSSR count). The molecule has 2 fully saturated rings. The number of hydrogen-bond acceptors (Lipinski definition) is 6. The Kier molecular flexibility index (Phi) is 7.30. The van der Waals surface area contributed by atoms with Gasteiger partial charge < -0.3 is 4.74 Å². The Morgan fingerprint density at radius 1 is 1.15 bits per heavy atom. The number of rotatable bonds is 6. The van der Waals surface area contributed by atoms with Crippen LogP contribution >= 0.6 is 23.2 Å². The first-order valence-electron chi connectivity index (χ1n) is 10.1. The third-order valence-corrected chi connectivity index (χ3v) is 8.95. The van der Waals surface area contributed by atoms with Gasteiger partial charge in [-0.3, -0.25) is 13.3 Å². The predicted octanol–water partition coefficient (Wildman–Crippen LogP) is 4.49. The fourth-order valence-corrected chi connectivity index (χ4v) is 6.81. The molecule has 1 amide bonds. The molecule has 2 aliphatic heterocycles. The van der Waals surface area contributed by atoms with Crippen LogP contribution in [-0.2, 0) is 29.8 Å². The quantitative estimate of drug-likeness (QED) is 0.506. The maximum absolute atomic E-state index is 14.8. The molecule has 2 saturated heterocycles. The van der Waals surface area contributed by atoms with Crippen molar-refractivity contribution in [3.8, 4) is 0 Å². The zero-order valence-corrected chi connectivity index (χ0v) is 20.4. The van der Waals surface area contributed by atoms with E-state index in [1.807, 2.05) is 0 Å².